The number of benzene rings is 2. The normalized spacial score (nSPS) is 16.4. The lowest BCUT2D eigenvalue weighted by Gasteiger charge is -2.39. The molecular weight excluding hydrogens is 440 g/mol. The van der Waals surface area contributed by atoms with Gasteiger partial charge < -0.3 is 14.5 Å². The number of para-hydroxylation sites is 1. The lowest BCUT2D eigenvalue weighted by molar-refractivity contribution is -0.139. The molecule has 3 aromatic rings. The molecule has 0 N–H and O–H groups in total. The molecule has 7 nitrogen and oxygen atoms in total. The highest BCUT2D eigenvalue weighted by atomic mass is 35.5. The topological polar surface area (TPSA) is 67.7 Å². The Morgan fingerprint density at radius 3 is 2.39 bits per heavy atom. The van der Waals surface area contributed by atoms with Crippen LogP contribution in [0.1, 0.15) is 25.5 Å². The van der Waals surface area contributed by atoms with Crippen molar-refractivity contribution in [2.45, 2.75) is 19.9 Å². The minimum absolute atomic E-state index is 0.222. The summed E-state index contributed by atoms with van der Waals surface area (Å²) in [5.74, 6) is -0.458. The van der Waals surface area contributed by atoms with Crippen molar-refractivity contribution in [2.75, 3.05) is 20.7 Å². The van der Waals surface area contributed by atoms with E-state index in [1.807, 2.05) is 48.7 Å². The van der Waals surface area contributed by atoms with Gasteiger partial charge in [-0.2, -0.15) is 5.10 Å². The molecule has 0 spiro atoms. The van der Waals surface area contributed by atoms with Gasteiger partial charge in [0.2, 0.25) is 0 Å². The van der Waals surface area contributed by atoms with Crippen LogP contribution in [0.5, 0.6) is 0 Å². The lowest BCUT2D eigenvalue weighted by atomic mass is 9.92. The van der Waals surface area contributed by atoms with Gasteiger partial charge in [0.1, 0.15) is 0 Å². The SMILES string of the molecule is CCOC(=O)C1=C(C)N(C)C(=O)N(C)C1c1cn(-c2ccccc2)nc1-c1ccc(Cl)cc1. The highest BCUT2D eigenvalue weighted by Gasteiger charge is 2.41. The van der Waals surface area contributed by atoms with Crippen molar-refractivity contribution >= 4 is 23.6 Å². The maximum atomic E-state index is 13.1. The number of halogens is 1. The fraction of sp³-hybridized carbons (Fsp3) is 0.240. The third-order valence-electron chi connectivity index (χ3n) is 5.81. The van der Waals surface area contributed by atoms with E-state index in [1.54, 1.807) is 49.7 Å². The van der Waals surface area contributed by atoms with Crippen molar-refractivity contribution in [1.82, 2.24) is 19.6 Å². The molecule has 0 aliphatic carbocycles. The highest BCUT2D eigenvalue weighted by Crippen LogP contribution is 2.40. The number of rotatable bonds is 5. The zero-order valence-electron chi connectivity index (χ0n) is 18.9. The van der Waals surface area contributed by atoms with E-state index in [1.165, 1.54) is 4.90 Å². The molecule has 0 saturated heterocycles. The van der Waals surface area contributed by atoms with Gasteiger partial charge in [-0.3, -0.25) is 0 Å². The molecule has 1 aliphatic heterocycles. The van der Waals surface area contributed by atoms with Gasteiger partial charge in [-0.25, -0.2) is 14.3 Å². The number of urea groups is 1. The molecule has 0 fully saturated rings. The van der Waals surface area contributed by atoms with Gasteiger partial charge in [-0.1, -0.05) is 41.9 Å². The van der Waals surface area contributed by atoms with E-state index in [0.717, 1.165) is 11.3 Å². The van der Waals surface area contributed by atoms with Crippen LogP contribution in [0.4, 0.5) is 4.79 Å². The Bertz CT molecular complexity index is 1220. The maximum absolute atomic E-state index is 13.1. The summed E-state index contributed by atoms with van der Waals surface area (Å²) in [4.78, 5) is 29.1. The fourth-order valence-electron chi connectivity index (χ4n) is 4.03. The van der Waals surface area contributed by atoms with E-state index in [0.29, 0.717) is 27.6 Å². The molecule has 1 atom stereocenters. The summed E-state index contributed by atoms with van der Waals surface area (Å²) < 4.78 is 7.14. The first-order chi connectivity index (χ1) is 15.8. The first-order valence-electron chi connectivity index (χ1n) is 10.6. The number of hydrogen-bond acceptors (Lipinski definition) is 4. The van der Waals surface area contributed by atoms with Gasteiger partial charge in [0, 0.05) is 42.1 Å². The fourth-order valence-corrected chi connectivity index (χ4v) is 4.15. The summed E-state index contributed by atoms with van der Waals surface area (Å²) in [6, 6.07) is 16.1. The predicted molar refractivity (Wildman–Crippen MR) is 127 cm³/mol. The molecule has 1 aliphatic rings. The van der Waals surface area contributed by atoms with Gasteiger partial charge in [-0.15, -0.1) is 0 Å². The van der Waals surface area contributed by atoms with E-state index in [2.05, 4.69) is 0 Å². The number of likely N-dealkylation sites (N-methyl/N-ethyl adjacent to an activating group) is 1. The van der Waals surface area contributed by atoms with Crippen LogP contribution in [0.3, 0.4) is 0 Å². The first-order valence-corrected chi connectivity index (χ1v) is 11.0. The Kier molecular flexibility index (Phi) is 6.24. The molecule has 8 heteroatoms. The maximum Gasteiger partial charge on any atom is 0.338 e. The van der Waals surface area contributed by atoms with Gasteiger partial charge in [0.15, 0.2) is 0 Å². The molecule has 0 bridgehead atoms. The number of carbonyl (C=O) groups excluding carboxylic acids is 2. The monoisotopic (exact) mass is 464 g/mol. The van der Waals surface area contributed by atoms with Gasteiger partial charge in [0.25, 0.3) is 0 Å². The van der Waals surface area contributed by atoms with Crippen LogP contribution in [0.2, 0.25) is 5.02 Å². The zero-order chi connectivity index (χ0) is 23.7. The molecule has 2 aromatic carbocycles. The minimum atomic E-state index is -0.670. The van der Waals surface area contributed by atoms with Gasteiger partial charge in [0.05, 0.1) is 29.6 Å². The highest BCUT2D eigenvalue weighted by molar-refractivity contribution is 6.30. The summed E-state index contributed by atoms with van der Waals surface area (Å²) in [5.41, 5.74) is 4.01. The predicted octanol–water partition coefficient (Wildman–Crippen LogP) is 5.07. The Balaban J connectivity index is 1.96. The Hall–Kier alpha value is -3.58. The number of carbonyl (C=O) groups is 2. The van der Waals surface area contributed by atoms with Crippen molar-refractivity contribution in [3.8, 4) is 16.9 Å². The Morgan fingerprint density at radius 1 is 1.09 bits per heavy atom. The average Bonchev–Trinajstić information content (AvgIpc) is 3.26. The number of nitrogens with zero attached hydrogens (tertiary/aromatic N) is 4. The van der Waals surface area contributed by atoms with Crippen molar-refractivity contribution in [2.24, 2.45) is 0 Å². The average molecular weight is 465 g/mol. The number of esters is 1. The number of amides is 2. The molecule has 4 rings (SSSR count). The quantitative estimate of drug-likeness (QED) is 0.494. The van der Waals surface area contributed by atoms with Crippen molar-refractivity contribution in [3.63, 3.8) is 0 Å². The molecule has 33 heavy (non-hydrogen) atoms. The van der Waals surface area contributed by atoms with E-state index in [9.17, 15) is 9.59 Å². The minimum Gasteiger partial charge on any atom is -0.463 e. The third-order valence-corrected chi connectivity index (χ3v) is 6.07. The van der Waals surface area contributed by atoms with Crippen LogP contribution < -0.4 is 0 Å². The Labute approximate surface area is 197 Å². The van der Waals surface area contributed by atoms with Crippen molar-refractivity contribution in [3.05, 3.63) is 82.7 Å². The summed E-state index contributed by atoms with van der Waals surface area (Å²) >= 11 is 6.11. The summed E-state index contributed by atoms with van der Waals surface area (Å²) in [6.45, 7) is 3.75. The summed E-state index contributed by atoms with van der Waals surface area (Å²) in [7, 11) is 3.33. The van der Waals surface area contributed by atoms with Gasteiger partial charge >= 0.3 is 12.0 Å². The van der Waals surface area contributed by atoms with E-state index >= 15 is 0 Å². The number of hydrogen-bond donors (Lipinski definition) is 0. The zero-order valence-corrected chi connectivity index (χ0v) is 19.7. The molecule has 2 amide bonds. The number of aromatic nitrogens is 2. The van der Waals surface area contributed by atoms with E-state index in [-0.39, 0.29) is 12.6 Å². The second-order valence-corrected chi connectivity index (χ2v) is 8.23. The summed E-state index contributed by atoms with van der Waals surface area (Å²) in [5, 5.41) is 5.45. The number of allylic oxidation sites excluding steroid dienone is 1. The van der Waals surface area contributed by atoms with E-state index in [4.69, 9.17) is 21.4 Å². The molecule has 1 unspecified atom stereocenters. The second-order valence-electron chi connectivity index (χ2n) is 7.79. The Morgan fingerprint density at radius 2 is 1.76 bits per heavy atom. The standard InChI is InChI=1S/C25H25ClN4O3/c1-5-33-24(31)21-16(2)28(3)25(32)29(4)23(21)20-15-30(19-9-7-6-8-10-19)27-22(20)17-11-13-18(26)14-12-17/h6-15,23H,5H2,1-4H3. The van der Waals surface area contributed by atoms with Crippen LogP contribution in [0, 0.1) is 0 Å². The van der Waals surface area contributed by atoms with Gasteiger partial charge in [-0.05, 0) is 38.1 Å². The van der Waals surface area contributed by atoms with Crippen LogP contribution >= 0.6 is 11.6 Å². The molecule has 170 valence electrons. The molecule has 0 radical (unpaired) electrons. The third kappa shape index (κ3) is 4.12. The summed E-state index contributed by atoms with van der Waals surface area (Å²) in [6.07, 6.45) is 1.87. The number of ether oxygens (including phenoxy) is 1. The largest absolute Gasteiger partial charge is 0.463 e. The van der Waals surface area contributed by atoms with Crippen LogP contribution in [-0.2, 0) is 9.53 Å². The molecule has 2 heterocycles. The van der Waals surface area contributed by atoms with Crippen LogP contribution in [0.25, 0.3) is 16.9 Å². The second kappa shape index (κ2) is 9.11. The van der Waals surface area contributed by atoms with Crippen molar-refractivity contribution < 1.29 is 14.3 Å². The molecular formula is C25H25ClN4O3. The molecule has 1 aromatic heterocycles. The van der Waals surface area contributed by atoms with Crippen molar-refractivity contribution in [1.29, 1.82) is 0 Å². The lowest BCUT2D eigenvalue weighted by Crippen LogP contribution is -2.47. The molecule has 0 saturated carbocycles. The smallest absolute Gasteiger partial charge is 0.338 e. The van der Waals surface area contributed by atoms with Crippen LogP contribution in [0.15, 0.2) is 72.1 Å². The van der Waals surface area contributed by atoms with E-state index < -0.39 is 12.0 Å². The van der Waals surface area contributed by atoms with Crippen LogP contribution in [-0.4, -0.2) is 52.3 Å². The first kappa shape index (κ1) is 22.6.